The van der Waals surface area contributed by atoms with E-state index < -0.39 is 0 Å². The SMILES string of the molecule is Cc1ccc2c(oc3nc(C(C)C)ccc32)c1-c1c(-c2ccc(C(C)C)cc2)ccc[n+]1C.Cc1ccc2c(oc3nc(C(C)C)ccc32)c1-c1c(-c2ccc(CC(C)C)cc2)ccc[n+]1C.Cc1ccc2c(oc3nc(C(C)C)ccc32)c1-c1cc(-c2ccc(CC(C)C)cc2)cc[n+]1C.Cc1ccc2c(oc3nc(C(C)C)ccc32)c1-c1ccc(-c2ccc(CC(C)C)cc2)c[n+]1C. The zero-order valence-electron chi connectivity index (χ0n) is 83.4. The molecule has 682 valence electrons. The summed E-state index contributed by atoms with van der Waals surface area (Å²) in [5.41, 5.74) is 39.7. The lowest BCUT2D eigenvalue weighted by molar-refractivity contribution is -0.660. The fourth-order valence-corrected chi connectivity index (χ4v) is 19.1. The number of nitrogens with zero attached hydrogens (tertiary/aromatic N) is 8. The van der Waals surface area contributed by atoms with Crippen molar-refractivity contribution in [1.29, 1.82) is 0 Å². The Morgan fingerprint density at radius 1 is 0.252 bits per heavy atom. The van der Waals surface area contributed by atoms with Crippen LogP contribution in [0.4, 0.5) is 0 Å². The molecule has 0 saturated carbocycles. The van der Waals surface area contributed by atoms with Crippen LogP contribution in [0.2, 0.25) is 0 Å². The molecule has 0 aliphatic heterocycles. The number of aromatic nitrogens is 8. The Morgan fingerprint density at radius 2 is 0.556 bits per heavy atom. The van der Waals surface area contributed by atoms with Gasteiger partial charge in [-0.05, 0) is 233 Å². The van der Waals surface area contributed by atoms with Crippen molar-refractivity contribution < 1.29 is 35.9 Å². The maximum Gasteiger partial charge on any atom is 0.227 e. The quantitative estimate of drug-likeness (QED) is 0.0734. The monoisotopic (exact) mass is 1780 g/mol. The van der Waals surface area contributed by atoms with E-state index in [1.807, 2.05) is 0 Å². The topological polar surface area (TPSA) is 120 Å². The van der Waals surface area contributed by atoms with Gasteiger partial charge in [-0.1, -0.05) is 256 Å². The van der Waals surface area contributed by atoms with E-state index in [9.17, 15) is 0 Å². The lowest BCUT2D eigenvalue weighted by Crippen LogP contribution is -2.31. The van der Waals surface area contributed by atoms with Crippen LogP contribution in [0, 0.1) is 45.4 Å². The van der Waals surface area contributed by atoms with Crippen molar-refractivity contribution in [3.05, 3.63) is 335 Å². The number of furan rings is 4. The van der Waals surface area contributed by atoms with Gasteiger partial charge in [-0.15, -0.1) is 0 Å². The number of hydrogen-bond acceptors (Lipinski definition) is 8. The van der Waals surface area contributed by atoms with Crippen LogP contribution in [0.25, 0.3) is 178 Å². The maximum absolute atomic E-state index is 6.49. The Morgan fingerprint density at radius 3 is 0.889 bits per heavy atom. The van der Waals surface area contributed by atoms with Gasteiger partial charge in [-0.3, -0.25) is 0 Å². The molecule has 0 spiro atoms. The van der Waals surface area contributed by atoms with Crippen molar-refractivity contribution in [1.82, 2.24) is 19.9 Å². The van der Waals surface area contributed by atoms with Crippen LogP contribution in [0.3, 0.4) is 0 Å². The van der Waals surface area contributed by atoms with Crippen LogP contribution >= 0.6 is 0 Å². The summed E-state index contributed by atoms with van der Waals surface area (Å²) in [6, 6.07) is 87.9. The van der Waals surface area contributed by atoms with E-state index in [2.05, 4.69) is 452 Å². The first-order valence-electron chi connectivity index (χ1n) is 48.5. The number of hydrogen-bond donors (Lipinski definition) is 0. The highest BCUT2D eigenvalue weighted by atomic mass is 16.4. The third kappa shape index (κ3) is 19.1. The van der Waals surface area contributed by atoms with E-state index in [1.54, 1.807) is 0 Å². The molecule has 12 aromatic heterocycles. The average molecular weight is 1780 g/mol. The third-order valence-electron chi connectivity index (χ3n) is 26.6. The fraction of sp³-hybridized carbons (Fsp3) is 0.285. The van der Waals surface area contributed by atoms with E-state index in [0.29, 0.717) is 70.2 Å². The van der Waals surface area contributed by atoms with Crippen molar-refractivity contribution in [2.75, 3.05) is 0 Å². The molecule has 0 atom stereocenters. The van der Waals surface area contributed by atoms with Gasteiger partial charge in [-0.2, -0.15) is 0 Å². The molecule has 0 aliphatic rings. The summed E-state index contributed by atoms with van der Waals surface area (Å²) in [4.78, 5) is 19.3. The zero-order valence-corrected chi connectivity index (χ0v) is 83.4. The summed E-state index contributed by atoms with van der Waals surface area (Å²) in [6.45, 7) is 43.9. The molecule has 20 aromatic rings. The molecule has 0 fully saturated rings. The predicted octanol–water partition coefficient (Wildman–Crippen LogP) is 31.0. The van der Waals surface area contributed by atoms with Crippen molar-refractivity contribution in [2.24, 2.45) is 45.9 Å². The standard InChI is InChI=1S/3C31H33N2O.C30H31N2O/c1-19(2)17-22-8-10-23(11-9-22)24-12-16-28(33(6)18-24)29-21(5)7-13-25-26-14-15-27(20(3)4)32-31(26)34-30(25)29;1-19(2)17-22-8-10-23(11-9-22)24-15-16-33(6)28(18-24)29-21(5)7-12-25-26-13-14-27(20(3)4)32-31(26)34-30(25)29;1-19(2)18-22-10-12-23(13-11-22)24-8-7-17-33(6)29(24)28-21(5)9-14-25-26-15-16-27(20(3)4)32-31(26)34-30(25)28;1-18(2)21-10-12-22(13-11-21)23-8-7-17-32(6)28(23)27-20(5)9-14-24-25-15-16-26(19(3)4)31-30(25)33-29(24)27/h2*7-16,18-20H,17H2,1-6H3;7-17,19-20H,18H2,1-6H3;7-19H,1-6H3/q4*+1. The Hall–Kier alpha value is -13.8. The molecule has 20 rings (SSSR count). The first-order chi connectivity index (χ1) is 64.8. The molecular formula is C123H130N8O4+4. The second kappa shape index (κ2) is 39.0. The van der Waals surface area contributed by atoms with Gasteiger partial charge in [0.15, 0.2) is 47.1 Å². The molecule has 135 heavy (non-hydrogen) atoms. The van der Waals surface area contributed by atoms with Gasteiger partial charge in [0.2, 0.25) is 45.6 Å². The molecule has 0 bridgehead atoms. The fourth-order valence-electron chi connectivity index (χ4n) is 19.1. The lowest BCUT2D eigenvalue weighted by Gasteiger charge is -2.12. The van der Waals surface area contributed by atoms with Gasteiger partial charge >= 0.3 is 0 Å². The molecule has 0 amide bonds. The largest absolute Gasteiger partial charge is 0.437 e. The van der Waals surface area contributed by atoms with Crippen LogP contribution in [0.5, 0.6) is 0 Å². The van der Waals surface area contributed by atoms with Gasteiger partial charge in [0.25, 0.3) is 0 Å². The molecule has 12 nitrogen and oxygen atoms in total. The normalized spacial score (nSPS) is 11.9. The average Bonchev–Trinajstić information content (AvgIpc) is 1.53. The van der Waals surface area contributed by atoms with Crippen molar-refractivity contribution in [3.63, 3.8) is 0 Å². The van der Waals surface area contributed by atoms with Gasteiger partial charge in [0, 0.05) is 102 Å². The number of rotatable bonds is 19. The van der Waals surface area contributed by atoms with Crippen molar-refractivity contribution in [2.45, 2.75) is 187 Å². The number of fused-ring (bicyclic) bond motifs is 12. The van der Waals surface area contributed by atoms with Gasteiger partial charge in [0.05, 0.1) is 33.4 Å². The summed E-state index contributed by atoms with van der Waals surface area (Å²) >= 11 is 0. The van der Waals surface area contributed by atoms with Crippen molar-refractivity contribution in [3.8, 4) is 89.5 Å². The third-order valence-corrected chi connectivity index (χ3v) is 26.6. The molecule has 0 unspecified atom stereocenters. The molecule has 0 saturated heterocycles. The first-order valence-corrected chi connectivity index (χ1v) is 48.5. The molecule has 0 N–H and O–H groups in total. The molecule has 12 heteroatoms. The summed E-state index contributed by atoms with van der Waals surface area (Å²) in [7, 11) is 8.43. The summed E-state index contributed by atoms with van der Waals surface area (Å²) in [5, 5.41) is 8.72. The summed E-state index contributed by atoms with van der Waals surface area (Å²) in [6.07, 6.45) is 11.9. The highest BCUT2D eigenvalue weighted by Crippen LogP contribution is 2.46. The van der Waals surface area contributed by atoms with E-state index in [0.717, 1.165) is 152 Å². The van der Waals surface area contributed by atoms with E-state index in [1.165, 1.54) is 89.0 Å². The minimum absolute atomic E-state index is 0.357. The highest BCUT2D eigenvalue weighted by Gasteiger charge is 2.31. The Labute approximate surface area is 796 Å². The smallest absolute Gasteiger partial charge is 0.227 e. The summed E-state index contributed by atoms with van der Waals surface area (Å²) < 4.78 is 34.6. The van der Waals surface area contributed by atoms with Crippen LogP contribution in [-0.2, 0) is 47.5 Å². The number of pyridine rings is 8. The number of aryl methyl sites for hydroxylation is 8. The van der Waals surface area contributed by atoms with E-state index in [4.69, 9.17) is 37.6 Å². The predicted molar refractivity (Wildman–Crippen MR) is 559 cm³/mol. The van der Waals surface area contributed by atoms with Gasteiger partial charge in [-0.25, -0.2) is 38.2 Å². The number of benzene rings is 8. The lowest BCUT2D eigenvalue weighted by atomic mass is 9.93. The molecule has 8 aromatic carbocycles. The second-order valence-electron chi connectivity index (χ2n) is 40.2. The van der Waals surface area contributed by atoms with Crippen LogP contribution in [0.15, 0.2) is 285 Å². The molecular weight excluding hydrogens is 1650 g/mol. The Bertz CT molecular complexity index is 7790. The molecule has 12 heterocycles. The minimum Gasteiger partial charge on any atom is -0.437 e. The first kappa shape index (κ1) is 93.0. The second-order valence-corrected chi connectivity index (χ2v) is 40.2. The van der Waals surface area contributed by atoms with Gasteiger partial charge < -0.3 is 17.7 Å². The Balaban J connectivity index is 0.000000125. The maximum atomic E-state index is 6.49. The van der Waals surface area contributed by atoms with E-state index in [-0.39, 0.29) is 0 Å². The van der Waals surface area contributed by atoms with Gasteiger partial charge in [0.1, 0.15) is 28.2 Å². The zero-order chi connectivity index (χ0) is 95.2. The van der Waals surface area contributed by atoms with E-state index >= 15 is 0 Å². The van der Waals surface area contributed by atoms with Crippen LogP contribution in [0.1, 0.15) is 208 Å². The summed E-state index contributed by atoms with van der Waals surface area (Å²) in [5.74, 6) is 3.93. The van der Waals surface area contributed by atoms with Crippen LogP contribution < -0.4 is 18.3 Å². The highest BCUT2D eigenvalue weighted by molar-refractivity contribution is 6.13. The van der Waals surface area contributed by atoms with Crippen LogP contribution in [-0.4, -0.2) is 19.9 Å². The van der Waals surface area contributed by atoms with Crippen molar-refractivity contribution >= 4 is 88.3 Å². The molecule has 0 radical (unpaired) electrons. The Kier molecular flexibility index (Phi) is 26.9. The molecule has 0 aliphatic carbocycles. The minimum atomic E-state index is 0.357.